The lowest BCUT2D eigenvalue weighted by molar-refractivity contribution is 0.936. The van der Waals surface area contributed by atoms with Crippen LogP contribution in [0, 0.1) is 18.3 Å². The van der Waals surface area contributed by atoms with E-state index in [0.717, 1.165) is 23.6 Å². The predicted octanol–water partition coefficient (Wildman–Crippen LogP) is 4.56. The molecule has 1 N–H and O–H groups in total. The second-order valence-electron chi connectivity index (χ2n) is 5.59. The van der Waals surface area contributed by atoms with Crippen molar-refractivity contribution in [1.82, 2.24) is 9.97 Å². The van der Waals surface area contributed by atoms with Crippen molar-refractivity contribution in [3.05, 3.63) is 71.9 Å². The van der Waals surface area contributed by atoms with Crippen LogP contribution in [0.15, 0.2) is 60.7 Å². The van der Waals surface area contributed by atoms with Crippen molar-refractivity contribution in [1.29, 1.82) is 5.26 Å². The molecule has 25 heavy (non-hydrogen) atoms. The van der Waals surface area contributed by atoms with E-state index in [9.17, 15) is 0 Å². The average Bonchev–Trinajstić information content (AvgIpc) is 2.63. The van der Waals surface area contributed by atoms with Crippen molar-refractivity contribution < 1.29 is 0 Å². The Morgan fingerprint density at radius 2 is 1.84 bits per heavy atom. The highest BCUT2D eigenvalue weighted by atomic mass is 15.3. The SMILES string of the molecule is CCN(c1ccccc1)c1nc(C)cc(Nc2cccc(C#N)c2)n1. The van der Waals surface area contributed by atoms with Crippen LogP contribution in [-0.4, -0.2) is 16.5 Å². The highest BCUT2D eigenvalue weighted by Gasteiger charge is 2.12. The normalized spacial score (nSPS) is 10.1. The molecule has 124 valence electrons. The monoisotopic (exact) mass is 329 g/mol. The topological polar surface area (TPSA) is 64.8 Å². The van der Waals surface area contributed by atoms with Crippen molar-refractivity contribution >= 4 is 23.1 Å². The summed E-state index contributed by atoms with van der Waals surface area (Å²) in [4.78, 5) is 11.3. The third-order valence-corrected chi connectivity index (χ3v) is 3.73. The van der Waals surface area contributed by atoms with Gasteiger partial charge in [-0.25, -0.2) is 4.98 Å². The zero-order valence-electron chi connectivity index (χ0n) is 14.3. The van der Waals surface area contributed by atoms with E-state index in [1.165, 1.54) is 0 Å². The number of rotatable bonds is 5. The summed E-state index contributed by atoms with van der Waals surface area (Å²) < 4.78 is 0. The van der Waals surface area contributed by atoms with Gasteiger partial charge in [0.15, 0.2) is 0 Å². The molecule has 1 aromatic heterocycles. The first-order chi connectivity index (χ1) is 12.2. The van der Waals surface area contributed by atoms with Crippen LogP contribution in [0.1, 0.15) is 18.2 Å². The second kappa shape index (κ2) is 7.45. The molecule has 3 aromatic rings. The summed E-state index contributed by atoms with van der Waals surface area (Å²) in [6.07, 6.45) is 0. The largest absolute Gasteiger partial charge is 0.340 e. The van der Waals surface area contributed by atoms with E-state index in [4.69, 9.17) is 5.26 Å². The Bertz CT molecular complexity index is 899. The molecule has 5 nitrogen and oxygen atoms in total. The molecule has 5 heteroatoms. The Kier molecular flexibility index (Phi) is 4.91. The van der Waals surface area contributed by atoms with Crippen LogP contribution in [0.25, 0.3) is 0 Å². The lowest BCUT2D eigenvalue weighted by atomic mass is 10.2. The molecule has 0 radical (unpaired) electrons. The molecule has 0 saturated carbocycles. The second-order valence-corrected chi connectivity index (χ2v) is 5.59. The number of hydrogen-bond donors (Lipinski definition) is 1. The van der Waals surface area contributed by atoms with Crippen LogP contribution in [0.5, 0.6) is 0 Å². The Hall–Kier alpha value is -3.39. The van der Waals surface area contributed by atoms with Gasteiger partial charge >= 0.3 is 0 Å². The fourth-order valence-electron chi connectivity index (χ4n) is 2.60. The van der Waals surface area contributed by atoms with E-state index in [2.05, 4.69) is 33.2 Å². The summed E-state index contributed by atoms with van der Waals surface area (Å²) in [5.74, 6) is 1.35. The van der Waals surface area contributed by atoms with Gasteiger partial charge in [0.05, 0.1) is 11.6 Å². The lowest BCUT2D eigenvalue weighted by Crippen LogP contribution is -2.19. The number of aromatic nitrogens is 2. The van der Waals surface area contributed by atoms with Crippen molar-refractivity contribution in [2.75, 3.05) is 16.8 Å². The molecule has 1 heterocycles. The van der Waals surface area contributed by atoms with Gasteiger partial charge < -0.3 is 10.2 Å². The number of anilines is 4. The molecular weight excluding hydrogens is 310 g/mol. The quantitative estimate of drug-likeness (QED) is 0.743. The fraction of sp³-hybridized carbons (Fsp3) is 0.150. The molecule has 0 bridgehead atoms. The number of para-hydroxylation sites is 1. The van der Waals surface area contributed by atoms with Gasteiger partial charge in [0, 0.05) is 29.7 Å². The van der Waals surface area contributed by atoms with Crippen LogP contribution in [0.3, 0.4) is 0 Å². The van der Waals surface area contributed by atoms with Gasteiger partial charge in [-0.1, -0.05) is 24.3 Å². The molecule has 0 amide bonds. The summed E-state index contributed by atoms with van der Waals surface area (Å²) in [6.45, 7) is 4.78. The maximum Gasteiger partial charge on any atom is 0.232 e. The number of benzene rings is 2. The van der Waals surface area contributed by atoms with Crippen LogP contribution in [0.2, 0.25) is 0 Å². The van der Waals surface area contributed by atoms with Gasteiger partial charge in [-0.3, -0.25) is 0 Å². The van der Waals surface area contributed by atoms with E-state index in [1.54, 1.807) is 12.1 Å². The average molecular weight is 329 g/mol. The standard InChI is InChI=1S/C20H19N5/c1-3-25(18-10-5-4-6-11-18)20-22-15(2)12-19(24-20)23-17-9-7-8-16(13-17)14-21/h4-13H,3H2,1-2H3,(H,22,23,24). The minimum absolute atomic E-state index is 0.607. The van der Waals surface area contributed by atoms with E-state index < -0.39 is 0 Å². The summed E-state index contributed by atoms with van der Waals surface area (Å²) >= 11 is 0. The van der Waals surface area contributed by atoms with Gasteiger partial charge in [-0.05, 0) is 44.2 Å². The molecule has 0 aliphatic rings. The molecule has 3 rings (SSSR count). The number of nitriles is 1. The zero-order chi connectivity index (χ0) is 17.6. The van der Waals surface area contributed by atoms with Gasteiger partial charge in [0.1, 0.15) is 5.82 Å². The number of aryl methyl sites for hydroxylation is 1. The minimum atomic E-state index is 0.607. The third kappa shape index (κ3) is 3.93. The molecule has 0 aliphatic heterocycles. The Labute approximate surface area is 147 Å². The molecule has 0 aliphatic carbocycles. The zero-order valence-corrected chi connectivity index (χ0v) is 14.3. The molecule has 0 spiro atoms. The molecule has 2 aromatic carbocycles. The van der Waals surface area contributed by atoms with Crippen LogP contribution in [0.4, 0.5) is 23.1 Å². The van der Waals surface area contributed by atoms with Gasteiger partial charge in [-0.2, -0.15) is 10.2 Å². The van der Waals surface area contributed by atoms with Crippen LogP contribution in [-0.2, 0) is 0 Å². The molecule has 0 atom stereocenters. The Morgan fingerprint density at radius 1 is 1.04 bits per heavy atom. The first kappa shape index (κ1) is 16.5. The molecule has 0 fully saturated rings. The predicted molar refractivity (Wildman–Crippen MR) is 100 cm³/mol. The van der Waals surface area contributed by atoms with E-state index in [-0.39, 0.29) is 0 Å². The Morgan fingerprint density at radius 3 is 2.56 bits per heavy atom. The van der Waals surface area contributed by atoms with Crippen molar-refractivity contribution in [3.63, 3.8) is 0 Å². The smallest absolute Gasteiger partial charge is 0.232 e. The van der Waals surface area contributed by atoms with E-state index in [0.29, 0.717) is 17.3 Å². The highest BCUT2D eigenvalue weighted by molar-refractivity contribution is 5.62. The van der Waals surface area contributed by atoms with Crippen LogP contribution >= 0.6 is 0 Å². The summed E-state index contributed by atoms with van der Waals surface area (Å²) in [6, 6.07) is 21.4. The van der Waals surface area contributed by atoms with Gasteiger partial charge in [-0.15, -0.1) is 0 Å². The van der Waals surface area contributed by atoms with Crippen molar-refractivity contribution in [3.8, 4) is 6.07 Å². The first-order valence-corrected chi connectivity index (χ1v) is 8.15. The maximum atomic E-state index is 9.04. The highest BCUT2D eigenvalue weighted by Crippen LogP contribution is 2.24. The van der Waals surface area contributed by atoms with Crippen molar-refractivity contribution in [2.24, 2.45) is 0 Å². The van der Waals surface area contributed by atoms with Gasteiger partial charge in [0.2, 0.25) is 5.95 Å². The van der Waals surface area contributed by atoms with Crippen LogP contribution < -0.4 is 10.2 Å². The lowest BCUT2D eigenvalue weighted by Gasteiger charge is -2.22. The fourth-order valence-corrected chi connectivity index (χ4v) is 2.60. The van der Waals surface area contributed by atoms with E-state index >= 15 is 0 Å². The first-order valence-electron chi connectivity index (χ1n) is 8.15. The summed E-state index contributed by atoms with van der Waals surface area (Å²) in [5.41, 5.74) is 3.35. The Balaban J connectivity index is 1.93. The number of hydrogen-bond acceptors (Lipinski definition) is 5. The molecule has 0 unspecified atom stereocenters. The number of nitrogens with one attached hydrogen (secondary N) is 1. The maximum absolute atomic E-state index is 9.04. The van der Waals surface area contributed by atoms with E-state index in [1.807, 2.05) is 55.5 Å². The summed E-state index contributed by atoms with van der Waals surface area (Å²) in [7, 11) is 0. The third-order valence-electron chi connectivity index (χ3n) is 3.73. The molecular formula is C20H19N5. The summed E-state index contributed by atoms with van der Waals surface area (Å²) in [5, 5.41) is 12.3. The van der Waals surface area contributed by atoms with Crippen molar-refractivity contribution in [2.45, 2.75) is 13.8 Å². The minimum Gasteiger partial charge on any atom is -0.340 e. The molecule has 0 saturated heterocycles. The van der Waals surface area contributed by atoms with Gasteiger partial charge in [0.25, 0.3) is 0 Å². The number of nitrogens with zero attached hydrogens (tertiary/aromatic N) is 4.